The molecular weight excluding hydrogens is 482 g/mol. The minimum Gasteiger partial charge on any atom is -0.455 e. The van der Waals surface area contributed by atoms with Gasteiger partial charge in [-0.3, -0.25) is 4.57 Å². The predicted molar refractivity (Wildman–Crippen MR) is 156 cm³/mol. The lowest BCUT2D eigenvalue weighted by atomic mass is 10.1. The molecule has 0 amide bonds. The second kappa shape index (κ2) is 7.55. The third-order valence-corrected chi connectivity index (χ3v) is 7.64. The molecule has 4 heterocycles. The molecule has 0 atom stereocenters. The number of fused-ring (bicyclic) bond motifs is 10. The molecule has 0 fully saturated rings. The Bertz CT molecular complexity index is 2390. The van der Waals surface area contributed by atoms with Crippen LogP contribution in [0.3, 0.4) is 0 Å². The van der Waals surface area contributed by atoms with Crippen molar-refractivity contribution in [3.05, 3.63) is 115 Å². The maximum Gasteiger partial charge on any atom is 0.233 e. The van der Waals surface area contributed by atoms with E-state index in [1.54, 1.807) is 0 Å². The highest BCUT2D eigenvalue weighted by atomic mass is 16.3. The van der Waals surface area contributed by atoms with E-state index in [0.29, 0.717) is 11.5 Å². The van der Waals surface area contributed by atoms with Gasteiger partial charge in [-0.05, 0) is 30.3 Å². The summed E-state index contributed by atoms with van der Waals surface area (Å²) in [5.41, 5.74) is 6.12. The van der Waals surface area contributed by atoms with Gasteiger partial charge in [0.25, 0.3) is 0 Å². The van der Waals surface area contributed by atoms with Gasteiger partial charge in [-0.25, -0.2) is 4.98 Å². The van der Waals surface area contributed by atoms with E-state index in [9.17, 15) is 0 Å². The molecule has 4 aromatic heterocycles. The van der Waals surface area contributed by atoms with Crippen LogP contribution in [-0.2, 0) is 0 Å². The van der Waals surface area contributed by atoms with Gasteiger partial charge in [-0.1, -0.05) is 84.9 Å². The Labute approximate surface area is 221 Å². The minimum atomic E-state index is 0.566. The molecule has 0 aliphatic rings. The molecule has 0 N–H and O–H groups in total. The van der Waals surface area contributed by atoms with Crippen LogP contribution in [-0.4, -0.2) is 14.5 Å². The number of aromatic nitrogens is 3. The number of hydrogen-bond acceptors (Lipinski definition) is 4. The van der Waals surface area contributed by atoms with Gasteiger partial charge in [0, 0.05) is 27.1 Å². The van der Waals surface area contributed by atoms with Crippen molar-refractivity contribution in [1.29, 1.82) is 0 Å². The Morgan fingerprint density at radius 2 is 1.18 bits per heavy atom. The lowest BCUT2D eigenvalue weighted by molar-refractivity contribution is 0.653. The van der Waals surface area contributed by atoms with E-state index in [-0.39, 0.29) is 0 Å². The second-order valence-electron chi connectivity index (χ2n) is 9.80. The largest absolute Gasteiger partial charge is 0.455 e. The third kappa shape index (κ3) is 2.79. The highest BCUT2D eigenvalue weighted by Crippen LogP contribution is 2.42. The van der Waals surface area contributed by atoms with Gasteiger partial charge in [0.2, 0.25) is 5.71 Å². The summed E-state index contributed by atoms with van der Waals surface area (Å²) in [6, 6.07) is 39.1. The van der Waals surface area contributed by atoms with Crippen LogP contribution in [0.1, 0.15) is 0 Å². The molecule has 0 aliphatic heterocycles. The first kappa shape index (κ1) is 20.6. The molecule has 0 radical (unpaired) electrons. The molecule has 0 saturated carbocycles. The normalized spacial score (nSPS) is 12.1. The van der Waals surface area contributed by atoms with Crippen molar-refractivity contribution in [2.75, 3.05) is 0 Å². The molecule has 0 unspecified atom stereocenters. The van der Waals surface area contributed by atoms with E-state index < -0.39 is 0 Å². The molecule has 5 heteroatoms. The van der Waals surface area contributed by atoms with E-state index in [0.717, 1.165) is 71.5 Å². The molecule has 9 rings (SSSR count). The topological polar surface area (TPSA) is 57.0 Å². The van der Waals surface area contributed by atoms with E-state index in [1.165, 1.54) is 0 Å². The van der Waals surface area contributed by atoms with Gasteiger partial charge in [0.05, 0.1) is 21.8 Å². The Morgan fingerprint density at radius 1 is 0.487 bits per heavy atom. The fourth-order valence-corrected chi connectivity index (χ4v) is 5.95. The van der Waals surface area contributed by atoms with Crippen LogP contribution >= 0.6 is 0 Å². The zero-order valence-electron chi connectivity index (χ0n) is 20.6. The van der Waals surface area contributed by atoms with E-state index in [1.807, 2.05) is 60.7 Å². The maximum atomic E-state index is 6.49. The molecule has 0 saturated heterocycles. The average Bonchev–Trinajstić information content (AvgIpc) is 3.66. The molecule has 0 bridgehead atoms. The number of furan rings is 2. The quantitative estimate of drug-likeness (QED) is 0.237. The van der Waals surface area contributed by atoms with Gasteiger partial charge >= 0.3 is 0 Å². The molecule has 182 valence electrons. The molecule has 5 aromatic carbocycles. The van der Waals surface area contributed by atoms with Crippen molar-refractivity contribution in [3.8, 4) is 17.2 Å². The predicted octanol–water partition coefficient (Wildman–Crippen LogP) is 9.04. The monoisotopic (exact) mass is 501 g/mol. The zero-order chi connectivity index (χ0) is 25.5. The van der Waals surface area contributed by atoms with Gasteiger partial charge in [-0.2, -0.15) is 4.98 Å². The highest BCUT2D eigenvalue weighted by Gasteiger charge is 2.23. The molecule has 9 aromatic rings. The summed E-state index contributed by atoms with van der Waals surface area (Å²) in [6.45, 7) is 0. The SMILES string of the molecule is c1ccc(-c2nc(-n3c4ccccc4c4c5oc6ccccc6c5ccc43)c3c(n2)oc2ccccc23)cc1. The zero-order valence-corrected chi connectivity index (χ0v) is 20.6. The van der Waals surface area contributed by atoms with Crippen LogP contribution in [0.25, 0.3) is 83.0 Å². The van der Waals surface area contributed by atoms with Crippen molar-refractivity contribution >= 4 is 65.8 Å². The number of rotatable bonds is 2. The summed E-state index contributed by atoms with van der Waals surface area (Å²) in [6.07, 6.45) is 0. The smallest absolute Gasteiger partial charge is 0.233 e. The Morgan fingerprint density at radius 3 is 2.03 bits per heavy atom. The van der Waals surface area contributed by atoms with E-state index >= 15 is 0 Å². The first-order valence-electron chi connectivity index (χ1n) is 12.9. The van der Waals surface area contributed by atoms with Gasteiger partial charge in [0.1, 0.15) is 16.7 Å². The van der Waals surface area contributed by atoms with Crippen LogP contribution in [0.2, 0.25) is 0 Å². The van der Waals surface area contributed by atoms with Crippen LogP contribution in [0.15, 0.2) is 124 Å². The molecular formula is C34H19N3O2. The summed E-state index contributed by atoms with van der Waals surface area (Å²) in [4.78, 5) is 10.1. The summed E-state index contributed by atoms with van der Waals surface area (Å²) in [7, 11) is 0. The van der Waals surface area contributed by atoms with Gasteiger partial charge in [-0.15, -0.1) is 0 Å². The molecule has 0 spiro atoms. The van der Waals surface area contributed by atoms with Crippen molar-refractivity contribution < 1.29 is 8.83 Å². The number of hydrogen-bond donors (Lipinski definition) is 0. The summed E-state index contributed by atoms with van der Waals surface area (Å²) in [5, 5.41) is 6.27. The van der Waals surface area contributed by atoms with E-state index in [4.69, 9.17) is 18.8 Å². The van der Waals surface area contributed by atoms with Crippen molar-refractivity contribution in [2.24, 2.45) is 0 Å². The fraction of sp³-hybridized carbons (Fsp3) is 0. The standard InChI is InChI=1S/C34H19N3O2/c1-2-10-20(11-3-1)32-35-33(30-24-14-6-9-17-28(24)39-34(30)36-32)37-25-15-7-4-13-23(25)29-26(37)19-18-22-21-12-5-8-16-27(21)38-31(22)29/h1-19H. The second-order valence-corrected chi connectivity index (χ2v) is 9.80. The van der Waals surface area contributed by atoms with Crippen molar-refractivity contribution in [1.82, 2.24) is 14.5 Å². The van der Waals surface area contributed by atoms with Crippen molar-refractivity contribution in [3.63, 3.8) is 0 Å². The maximum absolute atomic E-state index is 6.49. The highest BCUT2D eigenvalue weighted by molar-refractivity contribution is 6.24. The fourth-order valence-electron chi connectivity index (χ4n) is 5.95. The molecule has 39 heavy (non-hydrogen) atoms. The van der Waals surface area contributed by atoms with Crippen LogP contribution in [0.4, 0.5) is 0 Å². The van der Waals surface area contributed by atoms with Crippen LogP contribution < -0.4 is 0 Å². The average molecular weight is 502 g/mol. The lowest BCUT2D eigenvalue weighted by Crippen LogP contribution is -2.01. The number of benzene rings is 5. The van der Waals surface area contributed by atoms with Gasteiger partial charge in [0.15, 0.2) is 11.6 Å². The Kier molecular flexibility index (Phi) is 3.99. The Balaban J connectivity index is 1.49. The van der Waals surface area contributed by atoms with Gasteiger partial charge < -0.3 is 8.83 Å². The lowest BCUT2D eigenvalue weighted by Gasteiger charge is -2.10. The first-order valence-corrected chi connectivity index (χ1v) is 12.9. The third-order valence-electron chi connectivity index (χ3n) is 7.64. The molecule has 0 aliphatic carbocycles. The van der Waals surface area contributed by atoms with Crippen molar-refractivity contribution in [2.45, 2.75) is 0 Å². The van der Waals surface area contributed by atoms with E-state index in [2.05, 4.69) is 59.2 Å². The minimum absolute atomic E-state index is 0.566. The molecule has 5 nitrogen and oxygen atoms in total. The first-order chi connectivity index (χ1) is 19.3. The summed E-state index contributed by atoms with van der Waals surface area (Å²) in [5.74, 6) is 1.40. The van der Waals surface area contributed by atoms with Crippen LogP contribution in [0, 0.1) is 0 Å². The number of para-hydroxylation sites is 3. The summed E-state index contributed by atoms with van der Waals surface area (Å²) >= 11 is 0. The van der Waals surface area contributed by atoms with Crippen LogP contribution in [0.5, 0.6) is 0 Å². The Hall–Kier alpha value is -5.42. The number of nitrogens with zero attached hydrogens (tertiary/aromatic N) is 3. The summed E-state index contributed by atoms with van der Waals surface area (Å²) < 4.78 is 15.0.